The SMILES string of the molecule is COc1ccc(S(=O)(=O)N2CCNC[C@@H]2C)cc1C(N)=O. The third kappa shape index (κ3) is 3.02. The van der Waals surface area contributed by atoms with Gasteiger partial charge in [-0.05, 0) is 25.1 Å². The molecule has 0 saturated carbocycles. The molecule has 21 heavy (non-hydrogen) atoms. The monoisotopic (exact) mass is 313 g/mol. The summed E-state index contributed by atoms with van der Waals surface area (Å²) in [5.41, 5.74) is 5.33. The summed E-state index contributed by atoms with van der Waals surface area (Å²) >= 11 is 0. The van der Waals surface area contributed by atoms with Crippen molar-refractivity contribution in [3.63, 3.8) is 0 Å². The number of benzene rings is 1. The van der Waals surface area contributed by atoms with Crippen LogP contribution >= 0.6 is 0 Å². The van der Waals surface area contributed by atoms with Gasteiger partial charge in [-0.1, -0.05) is 0 Å². The van der Waals surface area contributed by atoms with Crippen LogP contribution in [0.1, 0.15) is 17.3 Å². The predicted molar refractivity (Wildman–Crippen MR) is 77.7 cm³/mol. The molecule has 1 aliphatic heterocycles. The lowest BCUT2D eigenvalue weighted by Gasteiger charge is -2.32. The van der Waals surface area contributed by atoms with Gasteiger partial charge in [0.05, 0.1) is 17.6 Å². The van der Waals surface area contributed by atoms with Crippen molar-refractivity contribution in [1.29, 1.82) is 0 Å². The predicted octanol–water partition coefficient (Wildman–Crippen LogP) is -0.223. The maximum absolute atomic E-state index is 12.7. The first-order valence-corrected chi connectivity index (χ1v) is 8.02. The van der Waals surface area contributed by atoms with Gasteiger partial charge in [0.15, 0.2) is 0 Å². The maximum Gasteiger partial charge on any atom is 0.252 e. The first-order chi connectivity index (χ1) is 9.87. The summed E-state index contributed by atoms with van der Waals surface area (Å²) < 4.78 is 31.8. The van der Waals surface area contributed by atoms with Crippen molar-refractivity contribution in [2.45, 2.75) is 17.9 Å². The highest BCUT2D eigenvalue weighted by atomic mass is 32.2. The number of nitrogens with two attached hydrogens (primary N) is 1. The molecule has 1 aromatic carbocycles. The maximum atomic E-state index is 12.7. The average molecular weight is 313 g/mol. The van der Waals surface area contributed by atoms with Gasteiger partial charge in [0.25, 0.3) is 5.91 Å². The van der Waals surface area contributed by atoms with Crippen LogP contribution < -0.4 is 15.8 Å². The Bertz CT molecular complexity index is 645. The Labute approximate surface area is 124 Å². The number of piperazine rings is 1. The van der Waals surface area contributed by atoms with Crippen molar-refractivity contribution in [3.8, 4) is 5.75 Å². The van der Waals surface area contributed by atoms with Crippen molar-refractivity contribution >= 4 is 15.9 Å². The van der Waals surface area contributed by atoms with E-state index in [4.69, 9.17) is 10.5 Å². The molecule has 1 saturated heterocycles. The number of hydrogen-bond donors (Lipinski definition) is 2. The van der Waals surface area contributed by atoms with E-state index in [2.05, 4.69) is 5.32 Å². The molecule has 0 unspecified atom stereocenters. The molecule has 3 N–H and O–H groups in total. The van der Waals surface area contributed by atoms with Gasteiger partial charge in [0.1, 0.15) is 5.75 Å². The molecule has 116 valence electrons. The summed E-state index contributed by atoms with van der Waals surface area (Å²) in [7, 11) is -2.27. The number of ether oxygens (including phenoxy) is 1. The number of nitrogens with one attached hydrogen (secondary N) is 1. The molecule has 7 nitrogen and oxygen atoms in total. The van der Waals surface area contributed by atoms with Crippen molar-refractivity contribution in [3.05, 3.63) is 23.8 Å². The number of hydrogen-bond acceptors (Lipinski definition) is 5. The topological polar surface area (TPSA) is 102 Å². The third-order valence-electron chi connectivity index (χ3n) is 3.48. The Kier molecular flexibility index (Phi) is 4.50. The van der Waals surface area contributed by atoms with Crippen LogP contribution in [-0.2, 0) is 10.0 Å². The van der Waals surface area contributed by atoms with E-state index in [9.17, 15) is 13.2 Å². The highest BCUT2D eigenvalue weighted by Gasteiger charge is 2.31. The van der Waals surface area contributed by atoms with Crippen LogP contribution in [0.25, 0.3) is 0 Å². The van der Waals surface area contributed by atoms with Crippen LogP contribution in [0.3, 0.4) is 0 Å². The van der Waals surface area contributed by atoms with E-state index in [0.29, 0.717) is 19.6 Å². The molecule has 8 heteroatoms. The molecule has 1 amide bonds. The number of rotatable bonds is 4. The van der Waals surface area contributed by atoms with Crippen LogP contribution in [-0.4, -0.2) is 51.4 Å². The number of sulfonamides is 1. The van der Waals surface area contributed by atoms with Crippen LogP contribution in [0, 0.1) is 0 Å². The van der Waals surface area contributed by atoms with E-state index in [-0.39, 0.29) is 22.3 Å². The van der Waals surface area contributed by atoms with E-state index in [1.165, 1.54) is 29.6 Å². The van der Waals surface area contributed by atoms with Crippen molar-refractivity contribution in [1.82, 2.24) is 9.62 Å². The average Bonchev–Trinajstić information content (AvgIpc) is 2.46. The van der Waals surface area contributed by atoms with Gasteiger partial charge >= 0.3 is 0 Å². The van der Waals surface area contributed by atoms with Gasteiger partial charge in [-0.2, -0.15) is 4.31 Å². The molecular weight excluding hydrogens is 294 g/mol. The lowest BCUT2D eigenvalue weighted by Crippen LogP contribution is -2.52. The normalized spacial score (nSPS) is 20.2. The van der Waals surface area contributed by atoms with Crippen LogP contribution in [0.2, 0.25) is 0 Å². The van der Waals surface area contributed by atoms with Gasteiger partial charge in [-0.3, -0.25) is 4.79 Å². The fourth-order valence-electron chi connectivity index (χ4n) is 2.35. The van der Waals surface area contributed by atoms with Gasteiger partial charge < -0.3 is 15.8 Å². The Morgan fingerprint density at radius 1 is 1.48 bits per heavy atom. The second-order valence-electron chi connectivity index (χ2n) is 4.90. The number of carbonyl (C=O) groups excluding carboxylic acids is 1. The lowest BCUT2D eigenvalue weighted by molar-refractivity contribution is 0.0997. The Hall–Kier alpha value is -1.64. The number of amides is 1. The van der Waals surface area contributed by atoms with Crippen molar-refractivity contribution < 1.29 is 17.9 Å². The molecule has 0 radical (unpaired) electrons. The molecule has 1 atom stereocenters. The molecule has 0 aliphatic carbocycles. The zero-order valence-electron chi connectivity index (χ0n) is 12.0. The largest absolute Gasteiger partial charge is 0.496 e. The van der Waals surface area contributed by atoms with E-state index < -0.39 is 15.9 Å². The first-order valence-electron chi connectivity index (χ1n) is 6.58. The lowest BCUT2D eigenvalue weighted by atomic mass is 10.2. The zero-order chi connectivity index (χ0) is 15.6. The van der Waals surface area contributed by atoms with Crippen LogP contribution in [0.4, 0.5) is 0 Å². The van der Waals surface area contributed by atoms with Gasteiger partial charge in [0, 0.05) is 25.7 Å². The molecule has 0 aromatic heterocycles. The molecule has 0 bridgehead atoms. The second kappa shape index (κ2) is 6.00. The smallest absolute Gasteiger partial charge is 0.252 e. The van der Waals surface area contributed by atoms with Crippen LogP contribution in [0.15, 0.2) is 23.1 Å². The molecular formula is C13H19N3O4S. The Morgan fingerprint density at radius 3 is 2.76 bits per heavy atom. The summed E-state index contributed by atoms with van der Waals surface area (Å²) in [4.78, 5) is 11.5. The summed E-state index contributed by atoms with van der Waals surface area (Å²) in [6.07, 6.45) is 0. The zero-order valence-corrected chi connectivity index (χ0v) is 12.8. The summed E-state index contributed by atoms with van der Waals surface area (Å²) in [5, 5.41) is 3.14. The fraction of sp³-hybridized carbons (Fsp3) is 0.462. The highest BCUT2D eigenvalue weighted by Crippen LogP contribution is 2.25. The highest BCUT2D eigenvalue weighted by molar-refractivity contribution is 7.89. The minimum Gasteiger partial charge on any atom is -0.496 e. The Morgan fingerprint density at radius 2 is 2.19 bits per heavy atom. The summed E-state index contributed by atoms with van der Waals surface area (Å²) in [6.45, 7) is 3.42. The van der Waals surface area contributed by atoms with Crippen LogP contribution in [0.5, 0.6) is 5.75 Å². The van der Waals surface area contributed by atoms with Gasteiger partial charge in [0.2, 0.25) is 10.0 Å². The molecule has 0 spiro atoms. The first kappa shape index (κ1) is 15.7. The number of methoxy groups -OCH3 is 1. The fourth-order valence-corrected chi connectivity index (χ4v) is 4.01. The molecule has 1 aliphatic rings. The van der Waals surface area contributed by atoms with Crippen molar-refractivity contribution in [2.24, 2.45) is 5.73 Å². The minimum atomic E-state index is -3.66. The third-order valence-corrected chi connectivity index (χ3v) is 5.49. The summed E-state index contributed by atoms with van der Waals surface area (Å²) in [5.74, 6) is -0.466. The van der Waals surface area contributed by atoms with E-state index in [1.807, 2.05) is 6.92 Å². The van der Waals surface area contributed by atoms with Crippen molar-refractivity contribution in [2.75, 3.05) is 26.7 Å². The Balaban J connectivity index is 2.45. The number of primary amides is 1. The van der Waals surface area contributed by atoms with E-state index in [1.54, 1.807) is 0 Å². The van der Waals surface area contributed by atoms with E-state index in [0.717, 1.165) is 0 Å². The van der Waals surface area contributed by atoms with E-state index >= 15 is 0 Å². The molecule has 1 heterocycles. The standard InChI is InChI=1S/C13H19N3O4S/c1-9-8-15-5-6-16(9)21(18,19)10-3-4-12(20-2)11(7-10)13(14)17/h3-4,7,9,15H,5-6,8H2,1-2H3,(H2,14,17)/t9-/m0/s1. The molecule has 1 aromatic rings. The molecule has 1 fully saturated rings. The number of nitrogens with zero attached hydrogens (tertiary/aromatic N) is 1. The van der Waals surface area contributed by atoms with Gasteiger partial charge in [-0.25, -0.2) is 8.42 Å². The number of carbonyl (C=O) groups is 1. The molecule has 2 rings (SSSR count). The minimum absolute atomic E-state index is 0.0471. The summed E-state index contributed by atoms with van der Waals surface area (Å²) in [6, 6.07) is 3.99. The van der Waals surface area contributed by atoms with Gasteiger partial charge in [-0.15, -0.1) is 0 Å². The second-order valence-corrected chi connectivity index (χ2v) is 6.79. The quantitative estimate of drug-likeness (QED) is 0.800.